The first-order valence-electron chi connectivity index (χ1n) is 8.56. The molecule has 0 aromatic heterocycles. The number of hydrogen-bond acceptors (Lipinski definition) is 6. The Hall–Kier alpha value is -2.79. The molecule has 27 heavy (non-hydrogen) atoms. The van der Waals surface area contributed by atoms with E-state index in [4.69, 9.17) is 10.00 Å². The van der Waals surface area contributed by atoms with Gasteiger partial charge in [-0.1, -0.05) is 30.0 Å². The fraction of sp³-hybridized carbons (Fsp3) is 0.368. The van der Waals surface area contributed by atoms with Crippen LogP contribution in [0.1, 0.15) is 20.3 Å². The Kier molecular flexibility index (Phi) is 7.44. The number of carbonyl (C=O) groups excluding carboxylic acids is 3. The van der Waals surface area contributed by atoms with Crippen LogP contribution in [-0.2, 0) is 19.1 Å². The third-order valence-electron chi connectivity index (χ3n) is 3.81. The SMILES string of the molecule is CCOC(=O)/C=C1\S[C@@H](C)C(=O)N1CC(=O)N(CCC#N)c1ccccc1. The maximum Gasteiger partial charge on any atom is 0.333 e. The quantitative estimate of drug-likeness (QED) is 0.527. The van der Waals surface area contributed by atoms with Gasteiger partial charge in [-0.05, 0) is 26.0 Å². The van der Waals surface area contributed by atoms with E-state index in [0.717, 1.165) is 0 Å². The number of hydrogen-bond donors (Lipinski definition) is 0. The number of nitrogens with zero attached hydrogens (tertiary/aromatic N) is 3. The van der Waals surface area contributed by atoms with E-state index in [1.165, 1.54) is 27.6 Å². The summed E-state index contributed by atoms with van der Waals surface area (Å²) in [6.07, 6.45) is 1.41. The second-order valence-electron chi connectivity index (χ2n) is 5.71. The Morgan fingerprint density at radius 3 is 2.70 bits per heavy atom. The average Bonchev–Trinajstić information content (AvgIpc) is 2.90. The predicted octanol–water partition coefficient (Wildman–Crippen LogP) is 2.30. The summed E-state index contributed by atoms with van der Waals surface area (Å²) in [6.45, 7) is 3.66. The van der Waals surface area contributed by atoms with E-state index in [1.807, 2.05) is 12.1 Å². The number of thioether (sulfide) groups is 1. The van der Waals surface area contributed by atoms with Crippen LogP contribution in [0.4, 0.5) is 5.69 Å². The summed E-state index contributed by atoms with van der Waals surface area (Å²) in [5.74, 6) is -1.12. The molecule has 0 bridgehead atoms. The summed E-state index contributed by atoms with van der Waals surface area (Å²) in [5.41, 5.74) is 0.654. The Morgan fingerprint density at radius 2 is 2.07 bits per heavy atom. The molecule has 0 radical (unpaired) electrons. The lowest BCUT2D eigenvalue weighted by molar-refractivity contribution is -0.137. The number of esters is 1. The zero-order valence-electron chi connectivity index (χ0n) is 15.3. The van der Waals surface area contributed by atoms with Gasteiger partial charge in [-0.3, -0.25) is 14.5 Å². The monoisotopic (exact) mass is 387 g/mol. The van der Waals surface area contributed by atoms with Crippen molar-refractivity contribution in [2.24, 2.45) is 0 Å². The molecule has 1 aliphatic rings. The van der Waals surface area contributed by atoms with Gasteiger partial charge in [0.1, 0.15) is 6.54 Å². The molecule has 1 atom stereocenters. The number of anilines is 1. The molecule has 2 amide bonds. The number of carbonyl (C=O) groups is 3. The molecule has 1 heterocycles. The van der Waals surface area contributed by atoms with E-state index in [0.29, 0.717) is 10.7 Å². The fourth-order valence-corrected chi connectivity index (χ4v) is 3.60. The third kappa shape index (κ3) is 5.34. The van der Waals surface area contributed by atoms with Crippen LogP contribution in [0.15, 0.2) is 41.4 Å². The standard InChI is InChI=1S/C19H21N3O4S/c1-3-26-18(24)12-17-22(19(25)14(2)27-17)13-16(23)21(11-7-10-20)15-8-5-4-6-9-15/h4-6,8-9,12,14H,3,7,11,13H2,1-2H3/b17-12-/t14-/m0/s1. The molecule has 1 fully saturated rings. The van der Waals surface area contributed by atoms with E-state index < -0.39 is 5.97 Å². The molecule has 8 heteroatoms. The Morgan fingerprint density at radius 1 is 1.37 bits per heavy atom. The van der Waals surface area contributed by atoms with E-state index in [1.54, 1.807) is 38.1 Å². The van der Waals surface area contributed by atoms with Crippen molar-refractivity contribution in [1.82, 2.24) is 4.90 Å². The van der Waals surface area contributed by atoms with Gasteiger partial charge in [0.2, 0.25) is 11.8 Å². The maximum atomic E-state index is 12.9. The number of rotatable bonds is 7. The van der Waals surface area contributed by atoms with Crippen molar-refractivity contribution in [2.75, 3.05) is 24.6 Å². The minimum atomic E-state index is -0.552. The highest BCUT2D eigenvalue weighted by Crippen LogP contribution is 2.34. The van der Waals surface area contributed by atoms with Crippen molar-refractivity contribution in [3.63, 3.8) is 0 Å². The van der Waals surface area contributed by atoms with Gasteiger partial charge >= 0.3 is 5.97 Å². The van der Waals surface area contributed by atoms with E-state index in [-0.39, 0.29) is 43.2 Å². The van der Waals surface area contributed by atoms with Crippen molar-refractivity contribution in [1.29, 1.82) is 5.26 Å². The van der Waals surface area contributed by atoms with Gasteiger partial charge < -0.3 is 9.64 Å². The number of ether oxygens (including phenoxy) is 1. The smallest absolute Gasteiger partial charge is 0.333 e. The van der Waals surface area contributed by atoms with Crippen molar-refractivity contribution >= 4 is 35.2 Å². The first kappa shape index (κ1) is 20.5. The van der Waals surface area contributed by atoms with Crippen LogP contribution in [0, 0.1) is 11.3 Å². The lowest BCUT2D eigenvalue weighted by Gasteiger charge is -2.25. The van der Waals surface area contributed by atoms with Gasteiger partial charge in [-0.25, -0.2) is 4.79 Å². The van der Waals surface area contributed by atoms with Crippen LogP contribution in [0.5, 0.6) is 0 Å². The van der Waals surface area contributed by atoms with Crippen LogP contribution >= 0.6 is 11.8 Å². The van der Waals surface area contributed by atoms with E-state index >= 15 is 0 Å². The molecule has 0 spiro atoms. The Bertz CT molecular complexity index is 773. The van der Waals surface area contributed by atoms with Gasteiger partial charge in [0.15, 0.2) is 0 Å². The normalized spacial score (nSPS) is 17.7. The molecular formula is C19H21N3O4S. The summed E-state index contributed by atoms with van der Waals surface area (Å²) in [5, 5.41) is 8.89. The molecule has 1 aromatic carbocycles. The summed E-state index contributed by atoms with van der Waals surface area (Å²) < 4.78 is 4.90. The van der Waals surface area contributed by atoms with E-state index in [2.05, 4.69) is 0 Å². The highest BCUT2D eigenvalue weighted by molar-refractivity contribution is 8.04. The maximum absolute atomic E-state index is 12.9. The molecule has 0 saturated carbocycles. The number of para-hydroxylation sites is 1. The molecule has 1 aliphatic heterocycles. The van der Waals surface area contributed by atoms with Gasteiger partial charge in [0.05, 0.1) is 35.5 Å². The zero-order chi connectivity index (χ0) is 19.8. The van der Waals surface area contributed by atoms with Gasteiger partial charge in [-0.15, -0.1) is 0 Å². The third-order valence-corrected chi connectivity index (χ3v) is 4.95. The highest BCUT2D eigenvalue weighted by Gasteiger charge is 2.36. The summed E-state index contributed by atoms with van der Waals surface area (Å²) >= 11 is 1.22. The predicted molar refractivity (Wildman–Crippen MR) is 103 cm³/mol. The average molecular weight is 387 g/mol. The topological polar surface area (TPSA) is 90.7 Å². The van der Waals surface area contributed by atoms with Gasteiger partial charge in [0.25, 0.3) is 0 Å². The van der Waals surface area contributed by atoms with Crippen LogP contribution in [0.25, 0.3) is 0 Å². The minimum absolute atomic E-state index is 0.172. The molecule has 1 saturated heterocycles. The van der Waals surface area contributed by atoms with Crippen LogP contribution in [0.3, 0.4) is 0 Å². The lowest BCUT2D eigenvalue weighted by atomic mass is 10.2. The Balaban J connectivity index is 2.22. The van der Waals surface area contributed by atoms with Crippen LogP contribution in [-0.4, -0.2) is 47.6 Å². The van der Waals surface area contributed by atoms with Crippen molar-refractivity contribution in [3.05, 3.63) is 41.4 Å². The molecule has 2 rings (SSSR count). The first-order chi connectivity index (χ1) is 13.0. The molecule has 0 unspecified atom stereocenters. The van der Waals surface area contributed by atoms with Crippen molar-refractivity contribution in [3.8, 4) is 6.07 Å². The zero-order valence-corrected chi connectivity index (χ0v) is 16.1. The molecule has 142 valence electrons. The second kappa shape index (κ2) is 9.78. The lowest BCUT2D eigenvalue weighted by Crippen LogP contribution is -2.42. The molecule has 7 nitrogen and oxygen atoms in total. The molecule has 0 aliphatic carbocycles. The van der Waals surface area contributed by atoms with Crippen LogP contribution < -0.4 is 4.90 Å². The van der Waals surface area contributed by atoms with Crippen molar-refractivity contribution < 1.29 is 19.1 Å². The van der Waals surface area contributed by atoms with E-state index in [9.17, 15) is 14.4 Å². The molecule has 1 aromatic rings. The molecular weight excluding hydrogens is 366 g/mol. The van der Waals surface area contributed by atoms with Gasteiger partial charge in [-0.2, -0.15) is 5.26 Å². The number of amides is 2. The number of nitriles is 1. The second-order valence-corrected chi connectivity index (χ2v) is 7.07. The first-order valence-corrected chi connectivity index (χ1v) is 9.44. The highest BCUT2D eigenvalue weighted by atomic mass is 32.2. The summed E-state index contributed by atoms with van der Waals surface area (Å²) in [4.78, 5) is 39.9. The Labute approximate surface area is 162 Å². The number of benzene rings is 1. The molecule has 0 N–H and O–H groups in total. The fourth-order valence-electron chi connectivity index (χ4n) is 2.56. The summed E-state index contributed by atoms with van der Waals surface area (Å²) in [6, 6.07) is 11.0. The minimum Gasteiger partial charge on any atom is -0.463 e. The van der Waals surface area contributed by atoms with Crippen molar-refractivity contribution in [2.45, 2.75) is 25.5 Å². The van der Waals surface area contributed by atoms with Crippen LogP contribution in [0.2, 0.25) is 0 Å². The van der Waals surface area contributed by atoms with Gasteiger partial charge in [0, 0.05) is 12.2 Å². The summed E-state index contributed by atoms with van der Waals surface area (Å²) in [7, 11) is 0. The largest absolute Gasteiger partial charge is 0.463 e.